The van der Waals surface area contributed by atoms with Crippen molar-refractivity contribution in [3.05, 3.63) is 28.8 Å². The molecule has 0 bridgehead atoms. The Morgan fingerprint density at radius 3 is 2.83 bits per heavy atom. The van der Waals surface area contributed by atoms with Crippen LogP contribution in [0.3, 0.4) is 0 Å². The Morgan fingerprint density at radius 2 is 2.22 bits per heavy atom. The number of nitrogens with one attached hydrogen (secondary N) is 2. The minimum absolute atomic E-state index is 0.00803. The zero-order chi connectivity index (χ0) is 13.5. The molecule has 5 heteroatoms. The van der Waals surface area contributed by atoms with Crippen LogP contribution in [0.25, 0.3) is 0 Å². The van der Waals surface area contributed by atoms with Gasteiger partial charge in [0.05, 0.1) is 7.11 Å². The van der Waals surface area contributed by atoms with Crippen LogP contribution >= 0.6 is 11.6 Å². The molecule has 0 heterocycles. The van der Waals surface area contributed by atoms with Gasteiger partial charge in [0.1, 0.15) is 5.75 Å². The molecule has 0 saturated carbocycles. The highest BCUT2D eigenvalue weighted by atomic mass is 35.5. The van der Waals surface area contributed by atoms with Gasteiger partial charge >= 0.3 is 0 Å². The number of carbonyl (C=O) groups excluding carboxylic acids is 1. The predicted molar refractivity (Wildman–Crippen MR) is 72.9 cm³/mol. The molecule has 1 rings (SSSR count). The maximum atomic E-state index is 11.8. The van der Waals surface area contributed by atoms with E-state index in [0.717, 1.165) is 5.56 Å². The van der Waals surface area contributed by atoms with Gasteiger partial charge in [-0.3, -0.25) is 4.79 Å². The summed E-state index contributed by atoms with van der Waals surface area (Å²) in [4.78, 5) is 11.8. The summed E-state index contributed by atoms with van der Waals surface area (Å²) in [5.74, 6) is 0.596. The summed E-state index contributed by atoms with van der Waals surface area (Å²) in [6, 6.07) is 5.42. The lowest BCUT2D eigenvalue weighted by molar-refractivity contribution is -0.124. The van der Waals surface area contributed by atoms with Crippen molar-refractivity contribution in [2.75, 3.05) is 20.7 Å². The Morgan fingerprint density at radius 1 is 1.50 bits per heavy atom. The summed E-state index contributed by atoms with van der Waals surface area (Å²) in [5.41, 5.74) is 0.798. The van der Waals surface area contributed by atoms with E-state index in [0.29, 0.717) is 23.9 Å². The first-order valence-corrected chi connectivity index (χ1v) is 6.21. The van der Waals surface area contributed by atoms with E-state index < -0.39 is 0 Å². The normalized spacial score (nSPS) is 12.0. The van der Waals surface area contributed by atoms with Crippen LogP contribution in [0.4, 0.5) is 0 Å². The fourth-order valence-corrected chi connectivity index (χ4v) is 1.88. The minimum Gasteiger partial charge on any atom is -0.496 e. The zero-order valence-electron chi connectivity index (χ0n) is 10.9. The zero-order valence-corrected chi connectivity index (χ0v) is 11.7. The maximum absolute atomic E-state index is 11.8. The van der Waals surface area contributed by atoms with Crippen LogP contribution in [0, 0.1) is 5.92 Å². The van der Waals surface area contributed by atoms with Gasteiger partial charge in [-0.2, -0.15) is 0 Å². The molecule has 18 heavy (non-hydrogen) atoms. The van der Waals surface area contributed by atoms with Crippen molar-refractivity contribution in [1.82, 2.24) is 10.6 Å². The second kappa shape index (κ2) is 7.24. The summed E-state index contributed by atoms with van der Waals surface area (Å²) in [7, 11) is 3.40. The van der Waals surface area contributed by atoms with Crippen molar-refractivity contribution in [3.63, 3.8) is 0 Å². The van der Waals surface area contributed by atoms with Crippen LogP contribution < -0.4 is 15.4 Å². The number of benzene rings is 1. The monoisotopic (exact) mass is 270 g/mol. The van der Waals surface area contributed by atoms with Gasteiger partial charge in [0.25, 0.3) is 0 Å². The topological polar surface area (TPSA) is 50.4 Å². The molecule has 0 saturated heterocycles. The first-order chi connectivity index (χ1) is 8.60. The summed E-state index contributed by atoms with van der Waals surface area (Å²) >= 11 is 6.09. The molecule has 2 N–H and O–H groups in total. The SMILES string of the molecule is CNCC(C)C(=O)NCc1c(Cl)cccc1OC. The highest BCUT2D eigenvalue weighted by Gasteiger charge is 2.13. The number of hydrogen-bond acceptors (Lipinski definition) is 3. The average molecular weight is 271 g/mol. The Labute approximate surface area is 113 Å². The molecule has 0 spiro atoms. The molecular formula is C13H19ClN2O2. The molecule has 0 aliphatic rings. The van der Waals surface area contributed by atoms with Gasteiger partial charge < -0.3 is 15.4 Å². The Kier molecular flexibility index (Phi) is 5.95. The van der Waals surface area contributed by atoms with E-state index in [4.69, 9.17) is 16.3 Å². The van der Waals surface area contributed by atoms with Crippen molar-refractivity contribution < 1.29 is 9.53 Å². The third-order valence-corrected chi connectivity index (χ3v) is 3.05. The number of halogens is 1. The van der Waals surface area contributed by atoms with Crippen LogP contribution in [0.1, 0.15) is 12.5 Å². The standard InChI is InChI=1S/C13H19ClN2O2/c1-9(7-15-2)13(17)16-8-10-11(14)5-4-6-12(10)18-3/h4-6,9,15H,7-8H2,1-3H3,(H,16,17). The number of amides is 1. The summed E-state index contributed by atoms with van der Waals surface area (Å²) < 4.78 is 5.22. The smallest absolute Gasteiger partial charge is 0.224 e. The number of carbonyl (C=O) groups is 1. The second-order valence-electron chi connectivity index (χ2n) is 4.10. The van der Waals surface area contributed by atoms with Gasteiger partial charge in [-0.05, 0) is 19.2 Å². The fraction of sp³-hybridized carbons (Fsp3) is 0.462. The Balaban J connectivity index is 2.66. The lowest BCUT2D eigenvalue weighted by Gasteiger charge is -2.14. The van der Waals surface area contributed by atoms with E-state index in [1.807, 2.05) is 26.1 Å². The fourth-order valence-electron chi connectivity index (χ4n) is 1.65. The largest absolute Gasteiger partial charge is 0.496 e. The van der Waals surface area contributed by atoms with E-state index in [2.05, 4.69) is 10.6 Å². The molecule has 4 nitrogen and oxygen atoms in total. The molecule has 0 radical (unpaired) electrons. The average Bonchev–Trinajstić information content (AvgIpc) is 2.36. The maximum Gasteiger partial charge on any atom is 0.224 e. The predicted octanol–water partition coefficient (Wildman–Crippen LogP) is 1.82. The van der Waals surface area contributed by atoms with Gasteiger partial charge in [-0.15, -0.1) is 0 Å². The third kappa shape index (κ3) is 3.89. The lowest BCUT2D eigenvalue weighted by atomic mass is 10.1. The molecule has 1 aromatic carbocycles. The first-order valence-electron chi connectivity index (χ1n) is 5.83. The molecular weight excluding hydrogens is 252 g/mol. The number of ether oxygens (including phenoxy) is 1. The summed E-state index contributed by atoms with van der Waals surface area (Å²) in [6.07, 6.45) is 0. The highest BCUT2D eigenvalue weighted by molar-refractivity contribution is 6.31. The quantitative estimate of drug-likeness (QED) is 0.829. The molecule has 0 aliphatic carbocycles. The van der Waals surface area contributed by atoms with Crippen LogP contribution in [0.2, 0.25) is 5.02 Å². The van der Waals surface area contributed by atoms with Crippen LogP contribution in [-0.2, 0) is 11.3 Å². The van der Waals surface area contributed by atoms with Crippen LogP contribution in [0.15, 0.2) is 18.2 Å². The number of hydrogen-bond donors (Lipinski definition) is 2. The lowest BCUT2D eigenvalue weighted by Crippen LogP contribution is -2.34. The van der Waals surface area contributed by atoms with E-state index in [1.54, 1.807) is 13.2 Å². The van der Waals surface area contributed by atoms with Gasteiger partial charge in [0.2, 0.25) is 5.91 Å². The van der Waals surface area contributed by atoms with Gasteiger partial charge in [0.15, 0.2) is 0 Å². The van der Waals surface area contributed by atoms with Crippen molar-refractivity contribution in [3.8, 4) is 5.75 Å². The summed E-state index contributed by atoms with van der Waals surface area (Å²) in [5, 5.41) is 6.42. The molecule has 1 atom stereocenters. The number of rotatable bonds is 6. The van der Waals surface area contributed by atoms with Crippen molar-refractivity contribution >= 4 is 17.5 Å². The van der Waals surface area contributed by atoms with E-state index in [9.17, 15) is 4.79 Å². The minimum atomic E-state index is -0.0801. The molecule has 0 fully saturated rings. The highest BCUT2D eigenvalue weighted by Crippen LogP contribution is 2.25. The van der Waals surface area contributed by atoms with Gasteiger partial charge in [-0.25, -0.2) is 0 Å². The molecule has 0 aromatic heterocycles. The van der Waals surface area contributed by atoms with Crippen molar-refractivity contribution in [1.29, 1.82) is 0 Å². The van der Waals surface area contributed by atoms with Crippen LogP contribution in [-0.4, -0.2) is 26.6 Å². The van der Waals surface area contributed by atoms with E-state index >= 15 is 0 Å². The molecule has 0 aliphatic heterocycles. The van der Waals surface area contributed by atoms with Crippen molar-refractivity contribution in [2.24, 2.45) is 5.92 Å². The van der Waals surface area contributed by atoms with E-state index in [1.165, 1.54) is 0 Å². The molecule has 1 unspecified atom stereocenters. The Bertz CT molecular complexity index is 410. The third-order valence-electron chi connectivity index (χ3n) is 2.69. The Hall–Kier alpha value is -1.26. The first kappa shape index (κ1) is 14.8. The van der Waals surface area contributed by atoms with Gasteiger partial charge in [-0.1, -0.05) is 24.6 Å². The second-order valence-corrected chi connectivity index (χ2v) is 4.50. The van der Waals surface area contributed by atoms with Gasteiger partial charge in [0, 0.05) is 29.6 Å². The number of methoxy groups -OCH3 is 1. The van der Waals surface area contributed by atoms with E-state index in [-0.39, 0.29) is 11.8 Å². The molecule has 100 valence electrons. The van der Waals surface area contributed by atoms with Crippen LogP contribution in [0.5, 0.6) is 5.75 Å². The summed E-state index contributed by atoms with van der Waals surface area (Å²) in [6.45, 7) is 2.89. The van der Waals surface area contributed by atoms with Crippen molar-refractivity contribution in [2.45, 2.75) is 13.5 Å². The molecule has 1 aromatic rings. The molecule has 1 amide bonds.